The lowest BCUT2D eigenvalue weighted by atomic mass is 9.74. The third-order valence-electron chi connectivity index (χ3n) is 3.57. The lowest BCUT2D eigenvalue weighted by Crippen LogP contribution is -2.50. The molecular formula is C13H16BrFO2. The van der Waals surface area contributed by atoms with Gasteiger partial charge in [-0.25, -0.2) is 4.39 Å². The third kappa shape index (κ3) is 2.69. The van der Waals surface area contributed by atoms with Crippen LogP contribution in [0.1, 0.15) is 24.8 Å². The van der Waals surface area contributed by atoms with Crippen LogP contribution in [0.25, 0.3) is 0 Å². The minimum Gasteiger partial charge on any atom is -0.390 e. The van der Waals surface area contributed by atoms with Crippen LogP contribution in [0.15, 0.2) is 22.7 Å². The predicted octanol–water partition coefficient (Wildman–Crippen LogP) is 3.06. The van der Waals surface area contributed by atoms with Crippen molar-refractivity contribution in [1.29, 1.82) is 0 Å². The Morgan fingerprint density at radius 2 is 2.18 bits per heavy atom. The summed E-state index contributed by atoms with van der Waals surface area (Å²) in [5.41, 5.74) is 0.367. The zero-order valence-electron chi connectivity index (χ0n) is 9.75. The number of aliphatic hydroxyl groups is 1. The van der Waals surface area contributed by atoms with Crippen LogP contribution in [0.3, 0.4) is 0 Å². The van der Waals surface area contributed by atoms with Crippen molar-refractivity contribution in [3.63, 3.8) is 0 Å². The molecule has 1 aliphatic rings. The van der Waals surface area contributed by atoms with Crippen LogP contribution < -0.4 is 0 Å². The minimum atomic E-state index is -0.574. The Morgan fingerprint density at radius 3 is 2.65 bits per heavy atom. The van der Waals surface area contributed by atoms with Gasteiger partial charge in [-0.2, -0.15) is 0 Å². The molecule has 0 bridgehead atoms. The highest BCUT2D eigenvalue weighted by Crippen LogP contribution is 2.39. The smallest absolute Gasteiger partial charge is 0.124 e. The molecule has 17 heavy (non-hydrogen) atoms. The Bertz CT molecular complexity index is 379. The maximum Gasteiger partial charge on any atom is 0.124 e. The number of aliphatic hydroxyl groups excluding tert-OH is 1. The van der Waals surface area contributed by atoms with E-state index in [1.807, 2.05) is 6.07 Å². The van der Waals surface area contributed by atoms with Crippen molar-refractivity contribution in [3.05, 3.63) is 34.1 Å². The molecule has 1 aromatic carbocycles. The van der Waals surface area contributed by atoms with Crippen LogP contribution in [0.5, 0.6) is 0 Å². The predicted molar refractivity (Wildman–Crippen MR) is 67.4 cm³/mol. The molecule has 0 aromatic heterocycles. The Hall–Kier alpha value is -0.450. The quantitative estimate of drug-likeness (QED) is 0.926. The van der Waals surface area contributed by atoms with E-state index in [0.717, 1.165) is 24.8 Å². The molecule has 1 saturated carbocycles. The van der Waals surface area contributed by atoms with E-state index in [-0.39, 0.29) is 5.82 Å². The second-order valence-corrected chi connectivity index (χ2v) is 5.54. The van der Waals surface area contributed by atoms with E-state index in [4.69, 9.17) is 4.74 Å². The molecule has 0 amide bonds. The van der Waals surface area contributed by atoms with Crippen LogP contribution in [0.4, 0.5) is 4.39 Å². The lowest BCUT2D eigenvalue weighted by Gasteiger charge is -2.44. The van der Waals surface area contributed by atoms with Crippen LogP contribution >= 0.6 is 15.9 Å². The summed E-state index contributed by atoms with van der Waals surface area (Å²) >= 11 is 3.25. The highest BCUT2D eigenvalue weighted by Gasteiger charge is 2.43. The molecule has 0 radical (unpaired) electrons. The van der Waals surface area contributed by atoms with Gasteiger partial charge in [-0.15, -0.1) is 0 Å². The van der Waals surface area contributed by atoms with E-state index in [0.29, 0.717) is 10.9 Å². The van der Waals surface area contributed by atoms with Gasteiger partial charge in [0.25, 0.3) is 0 Å². The summed E-state index contributed by atoms with van der Waals surface area (Å²) < 4.78 is 19.3. The molecular weight excluding hydrogens is 287 g/mol. The summed E-state index contributed by atoms with van der Waals surface area (Å²) in [7, 11) is 1.63. The topological polar surface area (TPSA) is 29.5 Å². The number of hydrogen-bond acceptors (Lipinski definition) is 2. The molecule has 0 heterocycles. The molecule has 94 valence electrons. The molecule has 0 spiro atoms. The second-order valence-electron chi connectivity index (χ2n) is 4.62. The van der Waals surface area contributed by atoms with Crippen LogP contribution in [-0.4, -0.2) is 23.9 Å². The summed E-state index contributed by atoms with van der Waals surface area (Å²) in [6.45, 7) is 0. The monoisotopic (exact) mass is 302 g/mol. The number of benzene rings is 1. The maximum atomic E-state index is 13.2. The first-order valence-corrected chi connectivity index (χ1v) is 6.53. The molecule has 1 aromatic rings. The van der Waals surface area contributed by atoms with Gasteiger partial charge < -0.3 is 9.84 Å². The van der Waals surface area contributed by atoms with E-state index < -0.39 is 11.7 Å². The van der Waals surface area contributed by atoms with Crippen molar-refractivity contribution in [2.75, 3.05) is 7.11 Å². The standard InChI is InChI=1S/C13H16BrFO2/c1-17-13(3-2-4-13)12(16)7-9-5-10(14)8-11(15)6-9/h5-6,8,12,16H,2-4,7H2,1H3. The Kier molecular flexibility index (Phi) is 3.85. The van der Waals surface area contributed by atoms with E-state index >= 15 is 0 Å². The highest BCUT2D eigenvalue weighted by molar-refractivity contribution is 9.10. The van der Waals surface area contributed by atoms with E-state index in [1.165, 1.54) is 12.1 Å². The van der Waals surface area contributed by atoms with E-state index in [2.05, 4.69) is 15.9 Å². The summed E-state index contributed by atoms with van der Waals surface area (Å²) in [4.78, 5) is 0. The van der Waals surface area contributed by atoms with Crippen LogP contribution in [0, 0.1) is 5.82 Å². The summed E-state index contributed by atoms with van der Waals surface area (Å²) in [5, 5.41) is 10.2. The number of methoxy groups -OCH3 is 1. The van der Waals surface area contributed by atoms with Gasteiger partial charge >= 0.3 is 0 Å². The van der Waals surface area contributed by atoms with Crippen molar-refractivity contribution in [2.24, 2.45) is 0 Å². The molecule has 4 heteroatoms. The zero-order valence-corrected chi connectivity index (χ0v) is 11.3. The van der Waals surface area contributed by atoms with Gasteiger partial charge in [-0.3, -0.25) is 0 Å². The minimum absolute atomic E-state index is 0.290. The van der Waals surface area contributed by atoms with E-state index in [9.17, 15) is 9.50 Å². The fourth-order valence-corrected chi connectivity index (χ4v) is 2.85. The molecule has 2 rings (SSSR count). The third-order valence-corrected chi connectivity index (χ3v) is 4.02. The molecule has 1 N–H and O–H groups in total. The van der Waals surface area contributed by atoms with Crippen molar-refractivity contribution in [3.8, 4) is 0 Å². The first kappa shape index (κ1) is 13.0. The Labute approximate surface area is 109 Å². The lowest BCUT2D eigenvalue weighted by molar-refractivity contribution is -0.148. The maximum absolute atomic E-state index is 13.2. The van der Waals surface area contributed by atoms with Gasteiger partial charge in [-0.1, -0.05) is 15.9 Å². The summed E-state index contributed by atoms with van der Waals surface area (Å²) in [6.07, 6.45) is 2.68. The normalized spacial score (nSPS) is 19.8. The van der Waals surface area contributed by atoms with E-state index in [1.54, 1.807) is 7.11 Å². The average Bonchev–Trinajstić information content (AvgIpc) is 2.14. The molecule has 1 atom stereocenters. The van der Waals surface area contributed by atoms with Gasteiger partial charge in [0, 0.05) is 18.0 Å². The van der Waals surface area contributed by atoms with Gasteiger partial charge in [0.1, 0.15) is 5.82 Å². The number of rotatable bonds is 4. The fourth-order valence-electron chi connectivity index (χ4n) is 2.34. The zero-order chi connectivity index (χ0) is 12.5. The summed E-state index contributed by atoms with van der Waals surface area (Å²) in [5.74, 6) is -0.290. The van der Waals surface area contributed by atoms with Gasteiger partial charge in [0.15, 0.2) is 0 Å². The van der Waals surface area contributed by atoms with Crippen molar-refractivity contribution < 1.29 is 14.2 Å². The van der Waals surface area contributed by atoms with Gasteiger partial charge in [-0.05, 0) is 43.0 Å². The number of ether oxygens (including phenoxy) is 1. The molecule has 0 aliphatic heterocycles. The van der Waals surface area contributed by atoms with Gasteiger partial charge in [0.05, 0.1) is 11.7 Å². The number of halogens is 2. The Balaban J connectivity index is 2.09. The SMILES string of the molecule is COC1(C(O)Cc2cc(F)cc(Br)c2)CCC1. The average molecular weight is 303 g/mol. The Morgan fingerprint density at radius 1 is 1.47 bits per heavy atom. The highest BCUT2D eigenvalue weighted by atomic mass is 79.9. The van der Waals surface area contributed by atoms with Crippen LogP contribution in [-0.2, 0) is 11.2 Å². The van der Waals surface area contributed by atoms with Crippen molar-refractivity contribution in [2.45, 2.75) is 37.4 Å². The second kappa shape index (κ2) is 5.04. The molecule has 1 fully saturated rings. The van der Waals surface area contributed by atoms with Gasteiger partial charge in [0.2, 0.25) is 0 Å². The van der Waals surface area contributed by atoms with Crippen LogP contribution in [0.2, 0.25) is 0 Å². The van der Waals surface area contributed by atoms with Crippen molar-refractivity contribution >= 4 is 15.9 Å². The molecule has 1 unspecified atom stereocenters. The first-order chi connectivity index (χ1) is 8.05. The first-order valence-electron chi connectivity index (χ1n) is 5.74. The number of hydrogen-bond donors (Lipinski definition) is 1. The molecule has 2 nitrogen and oxygen atoms in total. The molecule has 0 saturated heterocycles. The fraction of sp³-hybridized carbons (Fsp3) is 0.538. The molecule has 1 aliphatic carbocycles. The largest absolute Gasteiger partial charge is 0.390 e. The summed E-state index contributed by atoms with van der Waals surface area (Å²) in [6, 6.07) is 4.69. The van der Waals surface area contributed by atoms with Crippen molar-refractivity contribution in [1.82, 2.24) is 0 Å².